The van der Waals surface area contributed by atoms with Gasteiger partial charge in [-0.25, -0.2) is 0 Å². The molecule has 0 bridgehead atoms. The highest BCUT2D eigenvalue weighted by Crippen LogP contribution is 2.38. The fourth-order valence-corrected chi connectivity index (χ4v) is 2.69. The van der Waals surface area contributed by atoms with Gasteiger partial charge in [0.1, 0.15) is 5.78 Å². The first-order valence-corrected chi connectivity index (χ1v) is 6.54. The Labute approximate surface area is 108 Å². The topological polar surface area (TPSA) is 46.2 Å². The summed E-state index contributed by atoms with van der Waals surface area (Å²) < 4.78 is 0. The summed E-state index contributed by atoms with van der Waals surface area (Å²) in [5.74, 6) is 0.328. The Kier molecular flexibility index (Phi) is 3.80. The molecule has 0 unspecified atom stereocenters. The van der Waals surface area contributed by atoms with E-state index >= 15 is 0 Å². The Morgan fingerprint density at radius 2 is 1.83 bits per heavy atom. The average Bonchev–Trinajstić information content (AvgIpc) is 2.41. The fourth-order valence-electron chi connectivity index (χ4n) is 2.69. The van der Waals surface area contributed by atoms with Gasteiger partial charge in [0.15, 0.2) is 0 Å². The number of amides is 1. The van der Waals surface area contributed by atoms with Gasteiger partial charge < -0.3 is 5.32 Å². The summed E-state index contributed by atoms with van der Waals surface area (Å²) in [5.41, 5.74) is 0.522. The zero-order valence-corrected chi connectivity index (χ0v) is 10.7. The molecule has 0 radical (unpaired) electrons. The monoisotopic (exact) mass is 245 g/mol. The van der Waals surface area contributed by atoms with Gasteiger partial charge in [0.2, 0.25) is 5.91 Å². The second-order valence-corrected chi connectivity index (χ2v) is 4.85. The van der Waals surface area contributed by atoms with Gasteiger partial charge in [-0.3, -0.25) is 9.59 Å². The van der Waals surface area contributed by atoms with Crippen molar-refractivity contribution in [2.24, 2.45) is 0 Å². The summed E-state index contributed by atoms with van der Waals surface area (Å²) in [6.07, 6.45) is 2.27. The van der Waals surface area contributed by atoms with Crippen LogP contribution in [-0.4, -0.2) is 18.2 Å². The summed E-state index contributed by atoms with van der Waals surface area (Å²) in [6, 6.07) is 9.83. The molecule has 0 spiro atoms. The van der Waals surface area contributed by atoms with Crippen molar-refractivity contribution in [1.82, 2.24) is 5.32 Å². The lowest BCUT2D eigenvalue weighted by atomic mass is 9.68. The standard InChI is InChI=1S/C15H19NO2/c1-2-16-14(18)15(10-8-13(17)9-11-15)12-6-4-3-5-7-12/h3-7H,2,8-11H2,1H3,(H,16,18). The van der Waals surface area contributed by atoms with Gasteiger partial charge in [0, 0.05) is 19.4 Å². The molecule has 1 N–H and O–H groups in total. The van der Waals surface area contributed by atoms with Gasteiger partial charge in [-0.1, -0.05) is 30.3 Å². The zero-order valence-electron chi connectivity index (χ0n) is 10.7. The first-order valence-electron chi connectivity index (χ1n) is 6.54. The molecule has 1 fully saturated rings. The molecule has 1 aromatic carbocycles. The minimum Gasteiger partial charge on any atom is -0.356 e. The molecule has 2 rings (SSSR count). The first kappa shape index (κ1) is 12.8. The van der Waals surface area contributed by atoms with Crippen molar-refractivity contribution in [2.45, 2.75) is 38.0 Å². The highest BCUT2D eigenvalue weighted by atomic mass is 16.2. The molecule has 96 valence electrons. The molecular formula is C15H19NO2. The Morgan fingerprint density at radius 1 is 1.22 bits per heavy atom. The van der Waals surface area contributed by atoms with Crippen LogP contribution in [0.2, 0.25) is 0 Å². The molecule has 1 aromatic rings. The van der Waals surface area contributed by atoms with Crippen LogP contribution in [0.4, 0.5) is 0 Å². The minimum atomic E-state index is -0.509. The lowest BCUT2D eigenvalue weighted by Gasteiger charge is -2.35. The molecule has 3 nitrogen and oxygen atoms in total. The summed E-state index contributed by atoms with van der Waals surface area (Å²) in [7, 11) is 0. The smallest absolute Gasteiger partial charge is 0.230 e. The molecule has 1 saturated carbocycles. The van der Waals surface area contributed by atoms with Gasteiger partial charge in [0.05, 0.1) is 5.41 Å². The maximum Gasteiger partial charge on any atom is 0.230 e. The van der Waals surface area contributed by atoms with Crippen LogP contribution in [0, 0.1) is 0 Å². The quantitative estimate of drug-likeness (QED) is 0.887. The van der Waals surface area contributed by atoms with Gasteiger partial charge in [-0.2, -0.15) is 0 Å². The van der Waals surface area contributed by atoms with E-state index in [1.807, 2.05) is 37.3 Å². The van der Waals surface area contributed by atoms with Gasteiger partial charge in [-0.05, 0) is 25.3 Å². The summed E-state index contributed by atoms with van der Waals surface area (Å²) in [5, 5.41) is 2.92. The highest BCUT2D eigenvalue weighted by Gasteiger charge is 2.42. The van der Waals surface area contributed by atoms with E-state index in [4.69, 9.17) is 0 Å². The van der Waals surface area contributed by atoms with Crippen LogP contribution in [0.5, 0.6) is 0 Å². The summed E-state index contributed by atoms with van der Waals surface area (Å²) in [6.45, 7) is 2.55. The Morgan fingerprint density at radius 3 is 2.39 bits per heavy atom. The number of hydrogen-bond acceptors (Lipinski definition) is 2. The van der Waals surface area contributed by atoms with Gasteiger partial charge in [-0.15, -0.1) is 0 Å². The second kappa shape index (κ2) is 5.34. The van der Waals surface area contributed by atoms with Crippen LogP contribution in [0.3, 0.4) is 0 Å². The van der Waals surface area contributed by atoms with Crippen LogP contribution >= 0.6 is 0 Å². The van der Waals surface area contributed by atoms with Gasteiger partial charge in [0.25, 0.3) is 0 Å². The van der Waals surface area contributed by atoms with Crippen LogP contribution in [0.15, 0.2) is 30.3 Å². The predicted molar refractivity (Wildman–Crippen MR) is 70.3 cm³/mol. The fraction of sp³-hybridized carbons (Fsp3) is 0.467. The third-order valence-corrected chi connectivity index (χ3v) is 3.76. The van der Waals surface area contributed by atoms with E-state index in [1.165, 1.54) is 0 Å². The zero-order chi connectivity index (χ0) is 13.0. The van der Waals surface area contributed by atoms with Crippen molar-refractivity contribution in [3.8, 4) is 0 Å². The number of carbonyl (C=O) groups is 2. The highest BCUT2D eigenvalue weighted by molar-refractivity contribution is 5.91. The van der Waals surface area contributed by atoms with Crippen molar-refractivity contribution >= 4 is 11.7 Å². The molecule has 1 aliphatic rings. The van der Waals surface area contributed by atoms with E-state index in [0.29, 0.717) is 32.2 Å². The van der Waals surface area contributed by atoms with Crippen LogP contribution in [0.25, 0.3) is 0 Å². The summed E-state index contributed by atoms with van der Waals surface area (Å²) in [4.78, 5) is 23.8. The third kappa shape index (κ3) is 2.30. The predicted octanol–water partition coefficient (Wildman–Crippen LogP) is 2.20. The number of carbonyl (C=O) groups excluding carboxylic acids is 2. The lowest BCUT2D eigenvalue weighted by molar-refractivity contribution is -0.130. The molecule has 0 aromatic heterocycles. The maximum absolute atomic E-state index is 12.4. The molecule has 1 amide bonds. The molecule has 1 aliphatic carbocycles. The SMILES string of the molecule is CCNC(=O)C1(c2ccccc2)CCC(=O)CC1. The Bertz CT molecular complexity index is 429. The first-order chi connectivity index (χ1) is 8.69. The van der Waals surface area contributed by atoms with Crippen LogP contribution < -0.4 is 5.32 Å². The van der Waals surface area contributed by atoms with Crippen molar-refractivity contribution in [3.63, 3.8) is 0 Å². The lowest BCUT2D eigenvalue weighted by Crippen LogP contribution is -2.46. The summed E-state index contributed by atoms with van der Waals surface area (Å²) >= 11 is 0. The van der Waals surface area contributed by atoms with E-state index in [-0.39, 0.29) is 11.7 Å². The van der Waals surface area contributed by atoms with Crippen LogP contribution in [0.1, 0.15) is 38.2 Å². The minimum absolute atomic E-state index is 0.0590. The molecule has 0 heterocycles. The maximum atomic E-state index is 12.4. The van der Waals surface area contributed by atoms with E-state index in [1.54, 1.807) is 0 Å². The number of Topliss-reactive ketones (excluding diaryl/α,β-unsaturated/α-hetero) is 1. The van der Waals surface area contributed by atoms with Crippen molar-refractivity contribution in [1.29, 1.82) is 0 Å². The van der Waals surface area contributed by atoms with Crippen LogP contribution in [-0.2, 0) is 15.0 Å². The molecule has 3 heteroatoms. The number of hydrogen-bond donors (Lipinski definition) is 1. The molecule has 18 heavy (non-hydrogen) atoms. The number of likely N-dealkylation sites (N-methyl/N-ethyl adjacent to an activating group) is 1. The van der Waals surface area contributed by atoms with Gasteiger partial charge >= 0.3 is 0 Å². The molecule has 0 saturated heterocycles. The molecule has 0 atom stereocenters. The largest absolute Gasteiger partial charge is 0.356 e. The normalized spacial score (nSPS) is 18.4. The Balaban J connectivity index is 2.34. The van der Waals surface area contributed by atoms with Crippen molar-refractivity contribution < 1.29 is 9.59 Å². The van der Waals surface area contributed by atoms with E-state index in [2.05, 4.69) is 5.32 Å². The Hall–Kier alpha value is -1.64. The average molecular weight is 245 g/mol. The van der Waals surface area contributed by atoms with Crippen molar-refractivity contribution in [2.75, 3.05) is 6.54 Å². The number of ketones is 1. The molecule has 0 aliphatic heterocycles. The van der Waals surface area contributed by atoms with E-state index < -0.39 is 5.41 Å². The number of nitrogens with one attached hydrogen (secondary N) is 1. The van der Waals surface area contributed by atoms with Crippen molar-refractivity contribution in [3.05, 3.63) is 35.9 Å². The second-order valence-electron chi connectivity index (χ2n) is 4.85. The van der Waals surface area contributed by atoms with E-state index in [9.17, 15) is 9.59 Å². The molecular weight excluding hydrogens is 226 g/mol. The van der Waals surface area contributed by atoms with E-state index in [0.717, 1.165) is 5.56 Å². The number of rotatable bonds is 3. The third-order valence-electron chi connectivity index (χ3n) is 3.76. The number of benzene rings is 1.